The van der Waals surface area contributed by atoms with Gasteiger partial charge in [0.05, 0.1) is 28.6 Å². The second kappa shape index (κ2) is 6.92. The van der Waals surface area contributed by atoms with Crippen LogP contribution in [0.25, 0.3) is 0 Å². The fourth-order valence-electron chi connectivity index (χ4n) is 2.41. The topological polar surface area (TPSA) is 46.6 Å². The Morgan fingerprint density at radius 3 is 2.38 bits per heavy atom. The normalized spacial score (nSPS) is 16.3. The Bertz CT molecular complexity index is 929. The Morgan fingerprint density at radius 1 is 1.08 bits per heavy atom. The maximum absolute atomic E-state index is 12.8. The number of nitrogens with zero attached hydrogens (tertiary/aromatic N) is 1. The second-order valence-electron chi connectivity index (χ2n) is 5.64. The molecule has 0 saturated carbocycles. The van der Waals surface area contributed by atoms with E-state index in [1.54, 1.807) is 18.2 Å². The summed E-state index contributed by atoms with van der Waals surface area (Å²) in [4.78, 5) is -0.411. The van der Waals surface area contributed by atoms with Crippen LogP contribution < -0.4 is 4.74 Å². The van der Waals surface area contributed by atoms with Gasteiger partial charge in [0, 0.05) is 0 Å². The van der Waals surface area contributed by atoms with Crippen molar-refractivity contribution in [1.82, 2.24) is 4.31 Å². The highest BCUT2D eigenvalue weighted by Crippen LogP contribution is 2.35. The minimum atomic E-state index is -4.62. The van der Waals surface area contributed by atoms with Crippen molar-refractivity contribution in [3.63, 3.8) is 0 Å². The first kappa shape index (κ1) is 19.3. The molecule has 0 unspecified atom stereocenters. The lowest BCUT2D eigenvalue weighted by atomic mass is 10.2. The van der Waals surface area contributed by atoms with E-state index in [4.69, 9.17) is 27.9 Å². The van der Waals surface area contributed by atoms with Gasteiger partial charge in [-0.25, -0.2) is 8.42 Å². The maximum atomic E-state index is 12.8. The highest BCUT2D eigenvalue weighted by Gasteiger charge is 2.39. The Hall–Kier alpha value is -1.48. The maximum Gasteiger partial charge on any atom is 0.416 e. The van der Waals surface area contributed by atoms with Crippen molar-refractivity contribution >= 4 is 33.2 Å². The summed E-state index contributed by atoms with van der Waals surface area (Å²) in [5.41, 5.74) is -1.02. The minimum Gasteiger partial charge on any atom is -0.486 e. The molecular formula is C16H12Cl2F3NO3S. The zero-order chi connectivity index (χ0) is 19.1. The van der Waals surface area contributed by atoms with E-state index < -0.39 is 32.8 Å². The van der Waals surface area contributed by atoms with E-state index in [0.29, 0.717) is 16.8 Å². The Kier molecular flexibility index (Phi) is 5.13. The van der Waals surface area contributed by atoms with Gasteiger partial charge in [0.2, 0.25) is 10.0 Å². The van der Waals surface area contributed by atoms with Crippen LogP contribution in [0.15, 0.2) is 47.4 Å². The van der Waals surface area contributed by atoms with Gasteiger partial charge in [-0.05, 0) is 30.3 Å². The number of sulfonamides is 1. The Morgan fingerprint density at radius 2 is 1.73 bits per heavy atom. The molecule has 1 saturated heterocycles. The van der Waals surface area contributed by atoms with Gasteiger partial charge in [0.25, 0.3) is 0 Å². The summed E-state index contributed by atoms with van der Waals surface area (Å²) < 4.78 is 69.9. The standard InChI is InChI=1S/C16H12Cl2F3NO3S/c17-13-5-2-6-14(15(13)18)25-11-8-22(9-11)26(23,24)12-4-1-3-10(7-12)16(19,20)21/h1-7,11H,8-9H2. The van der Waals surface area contributed by atoms with Crippen molar-refractivity contribution < 1.29 is 26.3 Å². The van der Waals surface area contributed by atoms with Gasteiger partial charge in [0.15, 0.2) is 0 Å². The molecule has 0 atom stereocenters. The molecule has 2 aromatic rings. The molecule has 10 heteroatoms. The second-order valence-corrected chi connectivity index (χ2v) is 8.36. The van der Waals surface area contributed by atoms with Gasteiger partial charge in [0.1, 0.15) is 16.9 Å². The molecule has 0 spiro atoms. The molecule has 1 fully saturated rings. The largest absolute Gasteiger partial charge is 0.486 e. The van der Waals surface area contributed by atoms with E-state index in [0.717, 1.165) is 22.5 Å². The highest BCUT2D eigenvalue weighted by atomic mass is 35.5. The number of alkyl halides is 3. The summed E-state index contributed by atoms with van der Waals surface area (Å²) in [5, 5.41) is 0.519. The first-order valence-electron chi connectivity index (χ1n) is 7.37. The third-order valence-electron chi connectivity index (χ3n) is 3.82. The van der Waals surface area contributed by atoms with Gasteiger partial charge in [-0.1, -0.05) is 35.3 Å². The third-order valence-corrected chi connectivity index (χ3v) is 6.45. The van der Waals surface area contributed by atoms with Crippen molar-refractivity contribution in [2.75, 3.05) is 13.1 Å². The lowest BCUT2D eigenvalue weighted by Gasteiger charge is -2.38. The summed E-state index contributed by atoms with van der Waals surface area (Å²) in [5.74, 6) is 0.320. The molecule has 0 N–H and O–H groups in total. The highest BCUT2D eigenvalue weighted by molar-refractivity contribution is 7.89. The number of ether oxygens (including phenoxy) is 1. The molecule has 140 valence electrons. The molecule has 2 aromatic carbocycles. The van der Waals surface area contributed by atoms with E-state index in [1.807, 2.05) is 0 Å². The summed E-state index contributed by atoms with van der Waals surface area (Å²) in [6, 6.07) is 8.46. The molecule has 0 radical (unpaired) electrons. The van der Waals surface area contributed by atoms with E-state index in [2.05, 4.69) is 0 Å². The fourth-order valence-corrected chi connectivity index (χ4v) is 4.29. The van der Waals surface area contributed by atoms with Crippen LogP contribution in [-0.2, 0) is 16.2 Å². The van der Waals surface area contributed by atoms with Crippen molar-refractivity contribution in [2.45, 2.75) is 17.2 Å². The van der Waals surface area contributed by atoms with Crippen LogP contribution in [-0.4, -0.2) is 31.9 Å². The minimum absolute atomic E-state index is 0.00141. The van der Waals surface area contributed by atoms with Crippen molar-refractivity contribution in [2.24, 2.45) is 0 Å². The van der Waals surface area contributed by atoms with Crippen LogP contribution >= 0.6 is 23.2 Å². The molecule has 0 amide bonds. The smallest absolute Gasteiger partial charge is 0.416 e. The Labute approximate surface area is 158 Å². The average molecular weight is 426 g/mol. The summed E-state index contributed by atoms with van der Waals surface area (Å²) in [6.45, 7) is 0.00282. The number of rotatable bonds is 4. The van der Waals surface area contributed by atoms with Crippen molar-refractivity contribution in [1.29, 1.82) is 0 Å². The lowest BCUT2D eigenvalue weighted by Crippen LogP contribution is -2.56. The van der Waals surface area contributed by atoms with Gasteiger partial charge < -0.3 is 4.74 Å². The van der Waals surface area contributed by atoms with Crippen LogP contribution in [0.1, 0.15) is 5.56 Å². The third kappa shape index (κ3) is 3.78. The van der Waals surface area contributed by atoms with Crippen LogP contribution in [0.3, 0.4) is 0 Å². The van der Waals surface area contributed by atoms with E-state index in [-0.39, 0.29) is 18.1 Å². The van der Waals surface area contributed by atoms with E-state index in [1.165, 1.54) is 0 Å². The molecular weight excluding hydrogens is 414 g/mol. The van der Waals surface area contributed by atoms with Gasteiger partial charge >= 0.3 is 6.18 Å². The van der Waals surface area contributed by atoms with Gasteiger partial charge in [-0.15, -0.1) is 0 Å². The van der Waals surface area contributed by atoms with E-state index >= 15 is 0 Å². The molecule has 0 aliphatic carbocycles. The first-order chi connectivity index (χ1) is 12.1. The zero-order valence-corrected chi connectivity index (χ0v) is 15.3. The van der Waals surface area contributed by atoms with E-state index in [9.17, 15) is 21.6 Å². The lowest BCUT2D eigenvalue weighted by molar-refractivity contribution is -0.137. The SMILES string of the molecule is O=S(=O)(c1cccc(C(F)(F)F)c1)N1CC(Oc2cccc(Cl)c2Cl)C1. The Balaban J connectivity index is 1.71. The number of halogens is 5. The summed E-state index contributed by atoms with van der Waals surface area (Å²) in [6.07, 6.45) is -5.08. The fraction of sp³-hybridized carbons (Fsp3) is 0.250. The summed E-state index contributed by atoms with van der Waals surface area (Å²) >= 11 is 11.9. The molecule has 0 aromatic heterocycles. The number of hydrogen-bond acceptors (Lipinski definition) is 3. The molecule has 0 bridgehead atoms. The van der Waals surface area contributed by atoms with Crippen LogP contribution in [0, 0.1) is 0 Å². The van der Waals surface area contributed by atoms with Gasteiger partial charge in [-0.3, -0.25) is 0 Å². The predicted octanol–water partition coefficient (Wildman–Crippen LogP) is 4.46. The molecule has 4 nitrogen and oxygen atoms in total. The molecule has 1 aliphatic heterocycles. The average Bonchev–Trinajstić information content (AvgIpc) is 2.53. The van der Waals surface area contributed by atoms with Crippen LogP contribution in [0.5, 0.6) is 5.75 Å². The number of benzene rings is 2. The first-order valence-corrected chi connectivity index (χ1v) is 9.57. The number of hydrogen-bond donors (Lipinski definition) is 0. The van der Waals surface area contributed by atoms with Crippen molar-refractivity contribution in [3.8, 4) is 5.75 Å². The molecule has 1 aliphatic rings. The van der Waals surface area contributed by atoms with Crippen LogP contribution in [0.4, 0.5) is 13.2 Å². The van der Waals surface area contributed by atoms with Crippen molar-refractivity contribution in [3.05, 3.63) is 58.1 Å². The monoisotopic (exact) mass is 425 g/mol. The summed E-state index contributed by atoms with van der Waals surface area (Å²) in [7, 11) is -4.03. The quantitative estimate of drug-likeness (QED) is 0.725. The van der Waals surface area contributed by atoms with Crippen LogP contribution in [0.2, 0.25) is 10.0 Å². The zero-order valence-electron chi connectivity index (χ0n) is 13.0. The predicted molar refractivity (Wildman–Crippen MR) is 91.1 cm³/mol. The molecule has 26 heavy (non-hydrogen) atoms. The molecule has 3 rings (SSSR count). The van der Waals surface area contributed by atoms with Gasteiger partial charge in [-0.2, -0.15) is 17.5 Å². The molecule has 1 heterocycles.